The fourth-order valence-corrected chi connectivity index (χ4v) is 11.1. The van der Waals surface area contributed by atoms with E-state index in [4.69, 9.17) is 9.47 Å². The summed E-state index contributed by atoms with van der Waals surface area (Å²) in [7, 11) is 2.07. The normalized spacial score (nSPS) is 52.1. The van der Waals surface area contributed by atoms with E-state index in [2.05, 4.69) is 18.5 Å². The van der Waals surface area contributed by atoms with Gasteiger partial charge in [0.15, 0.2) is 0 Å². The van der Waals surface area contributed by atoms with E-state index in [1.807, 2.05) is 6.92 Å². The zero-order chi connectivity index (χ0) is 28.4. The molecule has 0 aromatic heterocycles. The molecule has 3 unspecified atom stereocenters. The van der Waals surface area contributed by atoms with Gasteiger partial charge in [-0.15, -0.1) is 0 Å². The molecule has 6 bridgehead atoms. The van der Waals surface area contributed by atoms with Crippen molar-refractivity contribution in [3.63, 3.8) is 0 Å². The van der Waals surface area contributed by atoms with Crippen LogP contribution in [0.15, 0.2) is 35.5 Å². The molecule has 2 spiro atoms. The molecule has 39 heavy (non-hydrogen) atoms. The highest BCUT2D eigenvalue weighted by atomic mass is 16.6. The zero-order valence-corrected chi connectivity index (χ0v) is 23.9. The second-order valence-electron chi connectivity index (χ2n) is 13.8. The van der Waals surface area contributed by atoms with Crippen molar-refractivity contribution in [2.75, 3.05) is 13.6 Å². The van der Waals surface area contributed by atoms with Gasteiger partial charge in [0, 0.05) is 46.4 Å². The summed E-state index contributed by atoms with van der Waals surface area (Å²) in [5, 5.41) is 36.1. The van der Waals surface area contributed by atoms with Crippen molar-refractivity contribution in [3.05, 3.63) is 35.5 Å². The Balaban J connectivity index is 1.61. The quantitative estimate of drug-likeness (QED) is 0.283. The van der Waals surface area contributed by atoms with Gasteiger partial charge in [0.05, 0.1) is 12.2 Å². The van der Waals surface area contributed by atoms with Crippen LogP contribution in [0.25, 0.3) is 0 Å². The minimum absolute atomic E-state index is 0.0694. The minimum Gasteiger partial charge on any atom is -0.455 e. The van der Waals surface area contributed by atoms with Crippen LogP contribution in [0.1, 0.15) is 60.3 Å². The van der Waals surface area contributed by atoms with E-state index >= 15 is 0 Å². The monoisotopic (exact) mass is 541 g/mol. The first-order valence-corrected chi connectivity index (χ1v) is 14.4. The molecule has 6 fully saturated rings. The summed E-state index contributed by atoms with van der Waals surface area (Å²) in [6.45, 7) is 13.9. The number of allylic oxidation sites excluding steroid dienone is 2. The van der Waals surface area contributed by atoms with E-state index in [9.17, 15) is 24.9 Å². The number of likely N-dealkylation sites (tertiary alicyclic amines) is 1. The lowest BCUT2D eigenvalue weighted by molar-refractivity contribution is -0.342. The largest absolute Gasteiger partial charge is 0.455 e. The van der Waals surface area contributed by atoms with Crippen molar-refractivity contribution in [3.8, 4) is 0 Å². The molecule has 0 radical (unpaired) electrons. The van der Waals surface area contributed by atoms with Crippen LogP contribution in [0, 0.1) is 34.0 Å². The lowest BCUT2D eigenvalue weighted by Crippen LogP contribution is -2.82. The van der Waals surface area contributed by atoms with E-state index in [1.165, 1.54) is 0 Å². The molecule has 1 heterocycles. The van der Waals surface area contributed by atoms with Crippen LogP contribution in [-0.2, 0) is 19.1 Å². The van der Waals surface area contributed by atoms with Crippen LogP contribution in [0.4, 0.5) is 0 Å². The summed E-state index contributed by atoms with van der Waals surface area (Å²) in [6.07, 6.45) is 1.73. The number of aliphatic hydroxyl groups is 3. The molecule has 214 valence electrons. The number of carbonyl (C=O) groups is 2. The van der Waals surface area contributed by atoms with Gasteiger partial charge < -0.3 is 29.7 Å². The summed E-state index contributed by atoms with van der Waals surface area (Å²) in [5.74, 6) is -1.76. The molecule has 8 nitrogen and oxygen atoms in total. The predicted octanol–water partition coefficient (Wildman–Crippen LogP) is 2.52. The first-order chi connectivity index (χ1) is 18.2. The molecule has 12 atom stereocenters. The van der Waals surface area contributed by atoms with Gasteiger partial charge in [-0.3, -0.25) is 0 Å². The number of hydrogen-bond acceptors (Lipinski definition) is 8. The number of esters is 2. The second-order valence-corrected chi connectivity index (χ2v) is 13.8. The van der Waals surface area contributed by atoms with Crippen molar-refractivity contribution in [1.29, 1.82) is 0 Å². The molecule has 1 saturated heterocycles. The van der Waals surface area contributed by atoms with Crippen molar-refractivity contribution in [2.24, 2.45) is 34.0 Å². The Morgan fingerprint density at radius 3 is 2.21 bits per heavy atom. The first kappa shape index (κ1) is 27.2. The van der Waals surface area contributed by atoms with Crippen molar-refractivity contribution in [2.45, 2.75) is 96.4 Å². The molecule has 1 aliphatic heterocycles. The molecule has 6 rings (SSSR count). The zero-order valence-electron chi connectivity index (χ0n) is 23.9. The number of hydrogen-bond donors (Lipinski definition) is 3. The van der Waals surface area contributed by atoms with Gasteiger partial charge in [-0.05, 0) is 71.8 Å². The summed E-state index contributed by atoms with van der Waals surface area (Å²) < 4.78 is 12.6. The van der Waals surface area contributed by atoms with E-state index in [1.54, 1.807) is 39.8 Å². The summed E-state index contributed by atoms with van der Waals surface area (Å²) >= 11 is 0. The highest BCUT2D eigenvalue weighted by Crippen LogP contribution is 2.84. The lowest BCUT2D eigenvalue weighted by atomic mass is 9.38. The van der Waals surface area contributed by atoms with E-state index in [0.29, 0.717) is 43.4 Å². The highest BCUT2D eigenvalue weighted by Gasteiger charge is 2.90. The number of nitrogens with zero attached hydrogens (tertiary/aromatic N) is 1. The molecule has 5 saturated carbocycles. The van der Waals surface area contributed by atoms with E-state index in [0.717, 1.165) is 5.57 Å². The third kappa shape index (κ3) is 2.94. The van der Waals surface area contributed by atoms with Crippen LogP contribution in [0.3, 0.4) is 0 Å². The fourth-order valence-electron chi connectivity index (χ4n) is 11.1. The van der Waals surface area contributed by atoms with Gasteiger partial charge in [0.1, 0.15) is 17.8 Å². The maximum atomic E-state index is 13.4. The maximum Gasteiger partial charge on any atom is 0.333 e. The molecule has 5 aliphatic carbocycles. The molecule has 0 aromatic carbocycles. The van der Waals surface area contributed by atoms with Gasteiger partial charge in [-0.25, -0.2) is 9.59 Å². The third-order valence-electron chi connectivity index (χ3n) is 12.1. The molecule has 8 heteroatoms. The van der Waals surface area contributed by atoms with Crippen molar-refractivity contribution in [1.82, 2.24) is 4.90 Å². The number of rotatable bonds is 4. The van der Waals surface area contributed by atoms with Crippen LogP contribution in [-0.4, -0.2) is 81.8 Å². The van der Waals surface area contributed by atoms with Crippen molar-refractivity contribution >= 4 is 11.9 Å². The maximum absolute atomic E-state index is 13.4. The van der Waals surface area contributed by atoms with Crippen LogP contribution >= 0.6 is 0 Å². The Kier molecular flexibility index (Phi) is 5.77. The Hall–Kier alpha value is -2.00. The standard InChI is InChI=1S/C31H43NO7/c1-8-15(3)26(35)38-22-20-17(5)10-29-13-19(34)31(37)28(6)11-18(33)12-30(31,25(21(20)29)32(7)14-28)24(29)23(22)39-27(36)16(4)9-2/h8-9,18-25,33-34,37H,5,10-14H2,1-4,6-7H3/b15-8+,16-9+/t18-,19-,20?,21?,22+,23+,24+,25?,28-,29-,30-,31-/m0/s1. The molecule has 0 aromatic rings. The predicted molar refractivity (Wildman–Crippen MR) is 143 cm³/mol. The van der Waals surface area contributed by atoms with E-state index in [-0.39, 0.29) is 17.9 Å². The van der Waals surface area contributed by atoms with Crippen LogP contribution in [0.2, 0.25) is 0 Å². The summed E-state index contributed by atoms with van der Waals surface area (Å²) in [5.41, 5.74) is -1.88. The van der Waals surface area contributed by atoms with E-state index < -0.39 is 64.1 Å². The summed E-state index contributed by atoms with van der Waals surface area (Å²) in [4.78, 5) is 28.9. The number of ether oxygens (including phenoxy) is 2. The summed E-state index contributed by atoms with van der Waals surface area (Å²) in [6, 6.07) is -0.201. The van der Waals surface area contributed by atoms with Crippen LogP contribution < -0.4 is 0 Å². The molecular weight excluding hydrogens is 498 g/mol. The molecule has 3 N–H and O–H groups in total. The van der Waals surface area contributed by atoms with Crippen LogP contribution in [0.5, 0.6) is 0 Å². The Morgan fingerprint density at radius 2 is 1.62 bits per heavy atom. The number of aliphatic hydroxyl groups excluding tert-OH is 2. The van der Waals surface area contributed by atoms with Gasteiger partial charge in [0.25, 0.3) is 0 Å². The third-order valence-corrected chi connectivity index (χ3v) is 12.1. The average Bonchev–Trinajstić information content (AvgIpc) is 3.14. The van der Waals surface area contributed by atoms with Gasteiger partial charge in [0.2, 0.25) is 0 Å². The Morgan fingerprint density at radius 1 is 1.03 bits per heavy atom. The number of piperidine rings is 1. The van der Waals surface area contributed by atoms with Gasteiger partial charge in [-0.2, -0.15) is 0 Å². The topological polar surface area (TPSA) is 117 Å². The average molecular weight is 542 g/mol. The second kappa shape index (κ2) is 8.28. The highest BCUT2D eigenvalue weighted by molar-refractivity contribution is 5.89. The fraction of sp³-hybridized carbons (Fsp3) is 0.742. The number of carbonyl (C=O) groups excluding carboxylic acids is 2. The van der Waals surface area contributed by atoms with Gasteiger partial charge in [-0.1, -0.05) is 31.2 Å². The van der Waals surface area contributed by atoms with Crippen molar-refractivity contribution < 1.29 is 34.4 Å². The molecular formula is C31H43NO7. The smallest absolute Gasteiger partial charge is 0.333 e. The minimum atomic E-state index is -1.50. The lowest BCUT2D eigenvalue weighted by Gasteiger charge is -2.72. The Bertz CT molecular complexity index is 1210. The van der Waals surface area contributed by atoms with Gasteiger partial charge >= 0.3 is 11.9 Å². The first-order valence-electron chi connectivity index (χ1n) is 14.4. The molecule has 0 amide bonds. The Labute approximate surface area is 230 Å². The molecule has 6 aliphatic rings. The SMILES string of the molecule is C=C1C[C@]23C[C@H](O)[C@]4(O)[C@@]5(C)C[C@H](O)C[C@]46C(C2C1[C@@H](OC(=O)/C(C)=C/C)[C@@H](OC(=O)/C(C)=C/C)[C@H]36)N(C)C5.